The van der Waals surface area contributed by atoms with E-state index in [0.717, 1.165) is 12.3 Å². The monoisotopic (exact) mass is 202 g/mol. The van der Waals surface area contributed by atoms with Crippen LogP contribution in [0, 0.1) is 0 Å². The molecule has 12 heavy (non-hydrogen) atoms. The number of hydrogen-bond acceptors (Lipinski definition) is 4. The fraction of sp³-hybridized carbons (Fsp3) is 0.625. The van der Waals surface area contributed by atoms with Gasteiger partial charge in [-0.25, -0.2) is 4.98 Å². The van der Waals surface area contributed by atoms with Gasteiger partial charge in [0.1, 0.15) is 5.01 Å². The molecule has 1 N–H and O–H groups in total. The molecule has 0 fully saturated rings. The second kappa shape index (κ2) is 5.56. The van der Waals surface area contributed by atoms with Gasteiger partial charge >= 0.3 is 0 Å². The fourth-order valence-corrected chi connectivity index (χ4v) is 2.53. The van der Waals surface area contributed by atoms with E-state index in [2.05, 4.69) is 17.2 Å². The number of thiazole rings is 1. The van der Waals surface area contributed by atoms with Crippen LogP contribution in [0.2, 0.25) is 0 Å². The van der Waals surface area contributed by atoms with Gasteiger partial charge in [0, 0.05) is 23.4 Å². The number of hydrogen-bond donors (Lipinski definition) is 1. The Morgan fingerprint density at radius 2 is 2.50 bits per heavy atom. The van der Waals surface area contributed by atoms with Crippen LogP contribution in [-0.4, -0.2) is 17.8 Å². The zero-order chi connectivity index (χ0) is 8.81. The summed E-state index contributed by atoms with van der Waals surface area (Å²) < 4.78 is 0. The van der Waals surface area contributed by atoms with E-state index >= 15 is 0 Å². The lowest BCUT2D eigenvalue weighted by Crippen LogP contribution is -2.02. The van der Waals surface area contributed by atoms with Gasteiger partial charge in [-0.3, -0.25) is 0 Å². The third kappa shape index (κ3) is 3.13. The van der Waals surface area contributed by atoms with Crippen LogP contribution in [0.3, 0.4) is 0 Å². The molecule has 0 spiro atoms. The van der Waals surface area contributed by atoms with Crippen LogP contribution in [0.15, 0.2) is 6.20 Å². The minimum atomic E-state index is 0.939. The average Bonchev–Trinajstić information content (AvgIpc) is 2.50. The summed E-state index contributed by atoms with van der Waals surface area (Å²) >= 11 is 3.72. The summed E-state index contributed by atoms with van der Waals surface area (Å²) in [5.74, 6) is 2.23. The molecule has 1 aromatic rings. The van der Waals surface area contributed by atoms with Crippen molar-refractivity contribution >= 4 is 23.1 Å². The number of nitrogens with zero attached hydrogens (tertiary/aromatic N) is 1. The number of rotatable bonds is 5. The first-order valence-electron chi connectivity index (χ1n) is 4.02. The van der Waals surface area contributed by atoms with Gasteiger partial charge in [-0.1, -0.05) is 6.92 Å². The molecule has 2 nitrogen and oxygen atoms in total. The lowest BCUT2D eigenvalue weighted by atomic mass is 10.5. The fourth-order valence-electron chi connectivity index (χ4n) is 0.860. The van der Waals surface area contributed by atoms with Gasteiger partial charge in [0.2, 0.25) is 0 Å². The Bertz CT molecular complexity index is 223. The molecule has 4 heteroatoms. The van der Waals surface area contributed by atoms with Crippen molar-refractivity contribution in [2.75, 3.05) is 12.8 Å². The molecule has 1 aromatic heterocycles. The second-order valence-corrected chi connectivity index (χ2v) is 4.86. The Morgan fingerprint density at radius 1 is 1.67 bits per heavy atom. The van der Waals surface area contributed by atoms with Gasteiger partial charge in [0.15, 0.2) is 0 Å². The molecule has 0 amide bonds. The van der Waals surface area contributed by atoms with Crippen molar-refractivity contribution in [3.8, 4) is 0 Å². The van der Waals surface area contributed by atoms with E-state index in [1.54, 1.807) is 11.3 Å². The van der Waals surface area contributed by atoms with Gasteiger partial charge < -0.3 is 5.32 Å². The highest BCUT2D eigenvalue weighted by molar-refractivity contribution is 7.98. The van der Waals surface area contributed by atoms with Gasteiger partial charge in [-0.2, -0.15) is 11.8 Å². The van der Waals surface area contributed by atoms with Crippen molar-refractivity contribution in [1.82, 2.24) is 10.3 Å². The molecule has 68 valence electrons. The molecule has 0 aliphatic heterocycles. The van der Waals surface area contributed by atoms with Crippen LogP contribution in [0.25, 0.3) is 0 Å². The first-order chi connectivity index (χ1) is 5.86. The Morgan fingerprint density at radius 3 is 3.17 bits per heavy atom. The smallest absolute Gasteiger partial charge is 0.103 e. The zero-order valence-corrected chi connectivity index (χ0v) is 9.10. The Labute approximate surface area is 81.8 Å². The minimum Gasteiger partial charge on any atom is -0.315 e. The highest BCUT2D eigenvalue weighted by Gasteiger charge is 1.99. The first kappa shape index (κ1) is 10.0. The van der Waals surface area contributed by atoms with Crippen LogP contribution in [0.1, 0.15) is 16.8 Å². The molecule has 1 rings (SSSR count). The highest BCUT2D eigenvalue weighted by atomic mass is 32.2. The molecule has 0 radical (unpaired) electrons. The maximum atomic E-state index is 4.33. The van der Waals surface area contributed by atoms with E-state index in [1.165, 1.54) is 15.6 Å². The largest absolute Gasteiger partial charge is 0.315 e. The third-order valence-corrected chi connectivity index (χ3v) is 3.45. The summed E-state index contributed by atoms with van der Waals surface area (Å²) in [5, 5.41) is 4.36. The predicted octanol–water partition coefficient (Wildman–Crippen LogP) is 2.12. The molecule has 0 saturated heterocycles. The van der Waals surface area contributed by atoms with E-state index in [-0.39, 0.29) is 0 Å². The molecule has 0 unspecified atom stereocenters. The van der Waals surface area contributed by atoms with Crippen molar-refractivity contribution in [3.05, 3.63) is 16.1 Å². The number of thioether (sulfide) groups is 1. The maximum Gasteiger partial charge on any atom is 0.103 e. The standard InChI is InChI=1S/C8H14N2S2/c1-3-11-6-8-10-5-7(12-8)4-9-2/h5,9H,3-4,6H2,1-2H3. The molecule has 0 atom stereocenters. The zero-order valence-electron chi connectivity index (χ0n) is 7.46. The van der Waals surface area contributed by atoms with E-state index in [9.17, 15) is 0 Å². The molecule has 0 aliphatic rings. The van der Waals surface area contributed by atoms with Crippen LogP contribution in [-0.2, 0) is 12.3 Å². The maximum absolute atomic E-state index is 4.33. The van der Waals surface area contributed by atoms with Crippen molar-refractivity contribution < 1.29 is 0 Å². The molecular weight excluding hydrogens is 188 g/mol. The number of nitrogens with one attached hydrogen (secondary N) is 1. The summed E-state index contributed by atoms with van der Waals surface area (Å²) in [6.07, 6.45) is 1.96. The van der Waals surface area contributed by atoms with Crippen molar-refractivity contribution in [3.63, 3.8) is 0 Å². The van der Waals surface area contributed by atoms with E-state index in [0.29, 0.717) is 0 Å². The number of aromatic nitrogens is 1. The molecule has 0 aromatic carbocycles. The summed E-state index contributed by atoms with van der Waals surface area (Å²) in [7, 11) is 1.96. The Hall–Kier alpha value is -0.0600. The van der Waals surface area contributed by atoms with E-state index in [1.807, 2.05) is 25.0 Å². The van der Waals surface area contributed by atoms with Gasteiger partial charge in [0.05, 0.1) is 0 Å². The quantitative estimate of drug-likeness (QED) is 0.791. The minimum absolute atomic E-state index is 0.939. The van der Waals surface area contributed by atoms with E-state index in [4.69, 9.17) is 0 Å². The van der Waals surface area contributed by atoms with Crippen LogP contribution in [0.5, 0.6) is 0 Å². The van der Waals surface area contributed by atoms with Gasteiger partial charge in [0.25, 0.3) is 0 Å². The van der Waals surface area contributed by atoms with Crippen LogP contribution in [0.4, 0.5) is 0 Å². The van der Waals surface area contributed by atoms with Crippen molar-refractivity contribution in [2.24, 2.45) is 0 Å². The normalized spacial score (nSPS) is 10.5. The van der Waals surface area contributed by atoms with Crippen LogP contribution < -0.4 is 5.32 Å². The molecule has 0 aliphatic carbocycles. The second-order valence-electron chi connectivity index (χ2n) is 2.39. The summed E-state index contributed by atoms with van der Waals surface area (Å²) in [6.45, 7) is 3.11. The first-order valence-corrected chi connectivity index (χ1v) is 6.00. The third-order valence-electron chi connectivity index (χ3n) is 1.38. The lowest BCUT2D eigenvalue weighted by Gasteiger charge is -1.92. The predicted molar refractivity (Wildman–Crippen MR) is 56.7 cm³/mol. The SMILES string of the molecule is CCSCc1ncc(CNC)s1. The molecule has 0 saturated carbocycles. The van der Waals surface area contributed by atoms with Gasteiger partial charge in [-0.05, 0) is 12.8 Å². The highest BCUT2D eigenvalue weighted by Crippen LogP contribution is 2.17. The molecule has 1 heterocycles. The topological polar surface area (TPSA) is 24.9 Å². The van der Waals surface area contributed by atoms with Crippen molar-refractivity contribution in [1.29, 1.82) is 0 Å². The molecule has 0 bridgehead atoms. The summed E-state index contributed by atoms with van der Waals surface area (Å²) in [4.78, 5) is 5.65. The van der Waals surface area contributed by atoms with Gasteiger partial charge in [-0.15, -0.1) is 11.3 Å². The van der Waals surface area contributed by atoms with E-state index < -0.39 is 0 Å². The summed E-state index contributed by atoms with van der Waals surface area (Å²) in [6, 6.07) is 0. The summed E-state index contributed by atoms with van der Waals surface area (Å²) in [5.41, 5.74) is 0. The Balaban J connectivity index is 2.41. The lowest BCUT2D eigenvalue weighted by molar-refractivity contribution is 0.829. The Kier molecular flexibility index (Phi) is 4.65. The molecular formula is C8H14N2S2. The van der Waals surface area contributed by atoms with Crippen molar-refractivity contribution in [2.45, 2.75) is 19.2 Å². The van der Waals surface area contributed by atoms with Crippen LogP contribution >= 0.6 is 23.1 Å². The average molecular weight is 202 g/mol.